The third kappa shape index (κ3) is 5.64. The molecule has 2 aliphatic heterocycles. The van der Waals surface area contributed by atoms with Crippen molar-refractivity contribution in [1.82, 2.24) is 10.6 Å². The monoisotopic (exact) mass is 417 g/mol. The summed E-state index contributed by atoms with van der Waals surface area (Å²) in [4.78, 5) is 35.6. The Morgan fingerprint density at radius 1 is 1.14 bits per heavy atom. The molecule has 2 saturated heterocycles. The number of aliphatic carboxylic acids is 1. The standard InChI is InChI=1S/C18H31N3O8/c1-7(2)11(15(24)20-8(3)16(25)26)21-10(22)6-9(19)13-12(23)14-17(27-13)29-18(4,5)28-14/h7-9,11-14,17,23H,6,19H2,1-5H3,(H,20,24)(H,21,22)(H,25,26)/t8-,9+,11-,12-,13?,14+,17+/m0/s1. The lowest BCUT2D eigenvalue weighted by atomic mass is 9.99. The Morgan fingerprint density at radius 3 is 2.28 bits per heavy atom. The van der Waals surface area contributed by atoms with E-state index in [4.69, 9.17) is 25.1 Å². The topological polar surface area (TPSA) is 169 Å². The Bertz CT molecular complexity index is 641. The van der Waals surface area contributed by atoms with E-state index in [1.807, 2.05) is 0 Å². The molecular formula is C18H31N3O8. The van der Waals surface area contributed by atoms with Gasteiger partial charge in [0.1, 0.15) is 30.4 Å². The number of amides is 2. The molecule has 0 aliphatic carbocycles. The van der Waals surface area contributed by atoms with Gasteiger partial charge in [0.15, 0.2) is 12.1 Å². The van der Waals surface area contributed by atoms with Crippen LogP contribution in [0.5, 0.6) is 0 Å². The number of nitrogens with two attached hydrogens (primary N) is 1. The van der Waals surface area contributed by atoms with Gasteiger partial charge in [-0.1, -0.05) is 13.8 Å². The van der Waals surface area contributed by atoms with Crippen LogP contribution >= 0.6 is 0 Å². The Kier molecular flexibility index (Phi) is 7.23. The van der Waals surface area contributed by atoms with Crippen molar-refractivity contribution in [2.75, 3.05) is 0 Å². The average molecular weight is 417 g/mol. The second-order valence-corrected chi connectivity index (χ2v) is 8.29. The lowest BCUT2D eigenvalue weighted by molar-refractivity contribution is -0.217. The molecule has 2 aliphatic rings. The molecule has 0 saturated carbocycles. The van der Waals surface area contributed by atoms with Gasteiger partial charge in [0, 0.05) is 12.5 Å². The number of hydrogen-bond donors (Lipinski definition) is 5. The summed E-state index contributed by atoms with van der Waals surface area (Å²) in [5.41, 5.74) is 6.05. The Morgan fingerprint density at radius 2 is 1.76 bits per heavy atom. The lowest BCUT2D eigenvalue weighted by Gasteiger charge is -2.27. The Labute approximate surface area is 169 Å². The summed E-state index contributed by atoms with van der Waals surface area (Å²) < 4.78 is 16.8. The van der Waals surface area contributed by atoms with E-state index in [0.717, 1.165) is 0 Å². The van der Waals surface area contributed by atoms with E-state index in [2.05, 4.69) is 10.6 Å². The predicted octanol–water partition coefficient (Wildman–Crippen LogP) is -1.33. The zero-order chi connectivity index (χ0) is 22.1. The highest BCUT2D eigenvalue weighted by Gasteiger charge is 2.55. The number of carbonyl (C=O) groups excluding carboxylic acids is 2. The first-order chi connectivity index (χ1) is 13.3. The molecule has 0 aromatic carbocycles. The maximum Gasteiger partial charge on any atom is 0.325 e. The van der Waals surface area contributed by atoms with Gasteiger partial charge in [-0.15, -0.1) is 0 Å². The van der Waals surface area contributed by atoms with Crippen LogP contribution in [0.4, 0.5) is 0 Å². The van der Waals surface area contributed by atoms with E-state index in [-0.39, 0.29) is 12.3 Å². The molecule has 0 radical (unpaired) electrons. The summed E-state index contributed by atoms with van der Waals surface area (Å²) in [6.07, 6.45) is -3.62. The van der Waals surface area contributed by atoms with Crippen molar-refractivity contribution in [1.29, 1.82) is 0 Å². The number of aliphatic hydroxyl groups excluding tert-OH is 1. The fourth-order valence-corrected chi connectivity index (χ4v) is 3.33. The Balaban J connectivity index is 1.91. The summed E-state index contributed by atoms with van der Waals surface area (Å²) in [7, 11) is 0. The molecule has 0 aromatic heterocycles. The molecule has 7 atom stereocenters. The van der Waals surface area contributed by atoms with Crippen LogP contribution in [-0.2, 0) is 28.6 Å². The molecule has 1 unspecified atom stereocenters. The quantitative estimate of drug-likeness (QED) is 0.321. The zero-order valence-electron chi connectivity index (χ0n) is 17.2. The minimum Gasteiger partial charge on any atom is -0.480 e. The number of rotatable bonds is 8. The normalized spacial score (nSPS) is 31.0. The van der Waals surface area contributed by atoms with E-state index in [1.54, 1.807) is 27.7 Å². The van der Waals surface area contributed by atoms with Gasteiger partial charge in [0.25, 0.3) is 0 Å². The van der Waals surface area contributed by atoms with Crippen LogP contribution in [0.2, 0.25) is 0 Å². The SMILES string of the molecule is CC(C)[C@H](NC(=O)C[C@@H](N)C1O[C@@H]2OC(C)(C)O[C@@H]2[C@H]1O)C(=O)N[C@@H](C)C(=O)O. The number of ether oxygens (including phenoxy) is 3. The number of hydrogen-bond acceptors (Lipinski definition) is 8. The van der Waals surface area contributed by atoms with Crippen molar-refractivity contribution >= 4 is 17.8 Å². The number of carboxylic acids is 1. The van der Waals surface area contributed by atoms with Crippen molar-refractivity contribution in [3.63, 3.8) is 0 Å². The molecule has 0 spiro atoms. The van der Waals surface area contributed by atoms with Crippen molar-refractivity contribution < 1.29 is 38.8 Å². The first-order valence-electron chi connectivity index (χ1n) is 9.59. The third-order valence-corrected chi connectivity index (χ3v) is 4.89. The van der Waals surface area contributed by atoms with Crippen LogP contribution in [0.25, 0.3) is 0 Å². The van der Waals surface area contributed by atoms with Crippen LogP contribution in [0, 0.1) is 5.92 Å². The summed E-state index contributed by atoms with van der Waals surface area (Å²) in [5, 5.41) is 24.2. The summed E-state index contributed by atoms with van der Waals surface area (Å²) in [5.74, 6) is -3.47. The molecule has 0 aromatic rings. The van der Waals surface area contributed by atoms with Crippen LogP contribution in [0.3, 0.4) is 0 Å². The predicted molar refractivity (Wildman–Crippen MR) is 99.3 cm³/mol. The summed E-state index contributed by atoms with van der Waals surface area (Å²) in [6, 6.07) is -2.88. The van der Waals surface area contributed by atoms with E-state index < -0.39 is 66.3 Å². The largest absolute Gasteiger partial charge is 0.480 e. The maximum absolute atomic E-state index is 12.4. The van der Waals surface area contributed by atoms with Gasteiger partial charge in [0.05, 0.1) is 0 Å². The van der Waals surface area contributed by atoms with Gasteiger partial charge in [-0.3, -0.25) is 14.4 Å². The van der Waals surface area contributed by atoms with Gasteiger partial charge < -0.3 is 40.8 Å². The molecular weight excluding hydrogens is 386 g/mol. The number of carboxylic acid groups (broad SMARTS) is 1. The van der Waals surface area contributed by atoms with Gasteiger partial charge in [-0.2, -0.15) is 0 Å². The highest BCUT2D eigenvalue weighted by Crippen LogP contribution is 2.38. The van der Waals surface area contributed by atoms with Gasteiger partial charge >= 0.3 is 5.97 Å². The minimum atomic E-state index is -1.18. The molecule has 2 rings (SSSR count). The highest BCUT2D eigenvalue weighted by molar-refractivity contribution is 5.90. The van der Waals surface area contributed by atoms with Gasteiger partial charge in [-0.05, 0) is 26.7 Å². The molecule has 11 heteroatoms. The second-order valence-electron chi connectivity index (χ2n) is 8.29. The van der Waals surface area contributed by atoms with Crippen LogP contribution in [0.1, 0.15) is 41.0 Å². The first kappa shape index (κ1) is 23.5. The maximum atomic E-state index is 12.4. The highest BCUT2D eigenvalue weighted by atomic mass is 16.8. The minimum absolute atomic E-state index is 0.213. The van der Waals surface area contributed by atoms with Crippen molar-refractivity contribution in [3.05, 3.63) is 0 Å². The second kappa shape index (κ2) is 8.92. The molecule has 2 heterocycles. The van der Waals surface area contributed by atoms with Crippen LogP contribution < -0.4 is 16.4 Å². The molecule has 2 amide bonds. The van der Waals surface area contributed by atoms with E-state index >= 15 is 0 Å². The zero-order valence-corrected chi connectivity index (χ0v) is 17.2. The fourth-order valence-electron chi connectivity index (χ4n) is 3.33. The van der Waals surface area contributed by atoms with Crippen LogP contribution in [-0.4, -0.2) is 76.5 Å². The van der Waals surface area contributed by atoms with Crippen molar-refractivity contribution in [2.24, 2.45) is 11.7 Å². The number of nitrogens with one attached hydrogen (secondary N) is 2. The number of carbonyl (C=O) groups is 3. The fraction of sp³-hybridized carbons (Fsp3) is 0.833. The van der Waals surface area contributed by atoms with Gasteiger partial charge in [0.2, 0.25) is 11.8 Å². The number of aliphatic hydroxyl groups is 1. The number of fused-ring (bicyclic) bond motifs is 1. The molecule has 0 bridgehead atoms. The van der Waals surface area contributed by atoms with Crippen molar-refractivity contribution in [2.45, 2.75) is 89.6 Å². The van der Waals surface area contributed by atoms with E-state index in [9.17, 15) is 19.5 Å². The van der Waals surface area contributed by atoms with Gasteiger partial charge in [-0.25, -0.2) is 0 Å². The third-order valence-electron chi connectivity index (χ3n) is 4.89. The van der Waals surface area contributed by atoms with E-state index in [0.29, 0.717) is 0 Å². The average Bonchev–Trinajstić information content (AvgIpc) is 3.05. The van der Waals surface area contributed by atoms with Crippen molar-refractivity contribution in [3.8, 4) is 0 Å². The molecule has 6 N–H and O–H groups in total. The molecule has 29 heavy (non-hydrogen) atoms. The van der Waals surface area contributed by atoms with E-state index in [1.165, 1.54) is 6.92 Å². The lowest BCUT2D eigenvalue weighted by Crippen LogP contribution is -2.54. The smallest absolute Gasteiger partial charge is 0.325 e. The molecule has 11 nitrogen and oxygen atoms in total. The Hall–Kier alpha value is -1.79. The van der Waals surface area contributed by atoms with Crippen LogP contribution in [0.15, 0.2) is 0 Å². The summed E-state index contributed by atoms with van der Waals surface area (Å²) >= 11 is 0. The molecule has 2 fully saturated rings. The molecule has 166 valence electrons. The summed E-state index contributed by atoms with van der Waals surface area (Å²) in [6.45, 7) is 8.17. The first-order valence-corrected chi connectivity index (χ1v) is 9.59.